The van der Waals surface area contributed by atoms with Gasteiger partial charge in [-0.2, -0.15) is 0 Å². The Balaban J connectivity index is -0.00000000125. The molecule has 0 bridgehead atoms. The van der Waals surface area contributed by atoms with Gasteiger partial charge in [0.15, 0.2) is 0 Å². The van der Waals surface area contributed by atoms with Crippen LogP contribution in [0.3, 0.4) is 0 Å². The van der Waals surface area contributed by atoms with E-state index in [1.54, 1.807) is 0 Å². The first-order chi connectivity index (χ1) is 1.73. The molecule has 0 aliphatic rings. The van der Waals surface area contributed by atoms with Crippen LogP contribution in [-0.4, -0.2) is 65.1 Å². The minimum Gasteiger partial charge on any atom is -1.00 e. The summed E-state index contributed by atoms with van der Waals surface area (Å²) in [6.07, 6.45) is -1.83. The number of hydrogen-bond donors (Lipinski definition) is 2. The molecule has 6 N–H and O–H groups in total. The van der Waals surface area contributed by atoms with Gasteiger partial charge in [-0.15, -0.1) is 0 Å². The minimum absolute atomic E-state index is 0. The van der Waals surface area contributed by atoms with Gasteiger partial charge in [0, 0.05) is 0 Å². The first-order valence-electron chi connectivity index (χ1n) is 0.651. The fourth-order valence-corrected chi connectivity index (χ4v) is 0. The molecule has 5 nitrogen and oxygen atoms in total. The van der Waals surface area contributed by atoms with Crippen LogP contribution in [0, 0.1) is 0 Å². The molecule has 48 valence electrons. The zero-order chi connectivity index (χ0) is 3.58. The summed E-state index contributed by atoms with van der Waals surface area (Å²) in [6, 6.07) is 0. The third kappa shape index (κ3) is 124. The average molecular weight is 188 g/mol. The van der Waals surface area contributed by atoms with Crippen molar-refractivity contribution >= 4 is 43.9 Å². The van der Waals surface area contributed by atoms with Crippen molar-refractivity contribution in [3.05, 3.63) is 0 Å². The van der Waals surface area contributed by atoms with Crippen LogP contribution in [0.4, 0.5) is 4.79 Å². The fourth-order valence-electron chi connectivity index (χ4n) is 0. The largest absolute Gasteiger partial charge is 2.00 e. The SMILES string of the molecule is O.O.O=C(O)O.[Ca+2].[H-].[H-].[H-].[H-].[Na+].[Na+]. The van der Waals surface area contributed by atoms with Crippen molar-refractivity contribution in [3.63, 3.8) is 0 Å². The second kappa shape index (κ2) is 31.4. The standard InChI is InChI=1S/CH2O3.Ca.2Na.2H2O.4H/c2-1(3)4;;;;;;;;;/h(H2,2,3,4);;;;2*1H2;;;;/q;+2;2*+1;;;4*-1. The van der Waals surface area contributed by atoms with E-state index in [4.69, 9.17) is 15.0 Å². The molecule has 0 aromatic carbocycles. The van der Waals surface area contributed by atoms with Crippen molar-refractivity contribution < 1.29 is 90.8 Å². The van der Waals surface area contributed by atoms with E-state index in [1.165, 1.54) is 0 Å². The third-order valence-electron chi connectivity index (χ3n) is 0. The van der Waals surface area contributed by atoms with Gasteiger partial charge >= 0.3 is 103 Å². The first kappa shape index (κ1) is 42.1. The zero-order valence-electron chi connectivity index (χ0n) is 9.51. The summed E-state index contributed by atoms with van der Waals surface area (Å²) in [6.45, 7) is 0. The van der Waals surface area contributed by atoms with E-state index in [0.717, 1.165) is 0 Å². The van der Waals surface area contributed by atoms with Gasteiger partial charge in [0.1, 0.15) is 0 Å². The van der Waals surface area contributed by atoms with Gasteiger partial charge in [-0.25, -0.2) is 4.79 Å². The Hall–Kier alpha value is 2.45. The molecule has 0 spiro atoms. The molecule has 0 heterocycles. The zero-order valence-corrected chi connectivity index (χ0v) is 11.7. The average Bonchev–Trinajstić information content (AvgIpc) is 0.811. The van der Waals surface area contributed by atoms with Gasteiger partial charge in [0.05, 0.1) is 0 Å². The predicted octanol–water partition coefficient (Wildman–Crippen LogP) is -7.35. The van der Waals surface area contributed by atoms with E-state index in [2.05, 4.69) is 0 Å². The summed E-state index contributed by atoms with van der Waals surface area (Å²) >= 11 is 0. The molecule has 0 saturated carbocycles. The monoisotopic (exact) mass is 188 g/mol. The van der Waals surface area contributed by atoms with Gasteiger partial charge in [0.25, 0.3) is 0 Å². The second-order valence-electron chi connectivity index (χ2n) is 0.283. The molecule has 0 atom stereocenters. The quantitative estimate of drug-likeness (QED) is 0.367. The van der Waals surface area contributed by atoms with E-state index in [-0.39, 0.29) is 114 Å². The molecule has 9 heavy (non-hydrogen) atoms. The molecule has 0 fully saturated rings. The molecule has 0 aromatic heterocycles. The van der Waals surface area contributed by atoms with Crippen LogP contribution in [0.5, 0.6) is 0 Å². The number of carbonyl (C=O) groups is 1. The first-order valence-corrected chi connectivity index (χ1v) is 0.651. The molecule has 0 amide bonds. The summed E-state index contributed by atoms with van der Waals surface area (Å²) in [5, 5.41) is 13.9. The molecule has 8 heteroatoms. The van der Waals surface area contributed by atoms with Gasteiger partial charge in [-0.1, -0.05) is 0 Å². The fraction of sp³-hybridized carbons (Fsp3) is 0. The molecule has 0 saturated heterocycles. The molecule has 0 radical (unpaired) electrons. The van der Waals surface area contributed by atoms with Crippen molar-refractivity contribution in [1.82, 2.24) is 0 Å². The summed E-state index contributed by atoms with van der Waals surface area (Å²) in [7, 11) is 0. The Labute approximate surface area is 132 Å². The molecule has 0 aromatic rings. The van der Waals surface area contributed by atoms with E-state index in [1.807, 2.05) is 0 Å². The van der Waals surface area contributed by atoms with Crippen molar-refractivity contribution in [2.75, 3.05) is 0 Å². The number of carboxylic acid groups (broad SMARTS) is 2. The summed E-state index contributed by atoms with van der Waals surface area (Å²) in [5.74, 6) is 0. The van der Waals surface area contributed by atoms with Crippen LogP contribution in [0.25, 0.3) is 0 Å². The normalized spacial score (nSPS) is 2.67. The van der Waals surface area contributed by atoms with E-state index in [0.29, 0.717) is 0 Å². The van der Waals surface area contributed by atoms with Crippen molar-refractivity contribution in [3.8, 4) is 0 Å². The molecular formula is CH10CaNa2O5. The van der Waals surface area contributed by atoms with Gasteiger partial charge in [-0.3, -0.25) is 0 Å². The van der Waals surface area contributed by atoms with Gasteiger partial charge < -0.3 is 26.9 Å². The van der Waals surface area contributed by atoms with Crippen molar-refractivity contribution in [2.45, 2.75) is 0 Å². The van der Waals surface area contributed by atoms with E-state index < -0.39 is 6.16 Å². The summed E-state index contributed by atoms with van der Waals surface area (Å²) in [5.41, 5.74) is 0. The Morgan fingerprint density at radius 2 is 1.11 bits per heavy atom. The van der Waals surface area contributed by atoms with Crippen LogP contribution in [0.1, 0.15) is 5.71 Å². The molecule has 0 rings (SSSR count). The van der Waals surface area contributed by atoms with Gasteiger partial charge in [0.2, 0.25) is 0 Å². The van der Waals surface area contributed by atoms with Crippen LogP contribution in [-0.2, 0) is 0 Å². The summed E-state index contributed by atoms with van der Waals surface area (Å²) < 4.78 is 0. The number of hydrogen-bond acceptors (Lipinski definition) is 1. The molecule has 0 aliphatic heterocycles. The maximum atomic E-state index is 8.56. The third-order valence-corrected chi connectivity index (χ3v) is 0. The van der Waals surface area contributed by atoms with Crippen LogP contribution in [0.15, 0.2) is 0 Å². The maximum absolute atomic E-state index is 8.56. The van der Waals surface area contributed by atoms with Crippen molar-refractivity contribution in [2.24, 2.45) is 0 Å². The second-order valence-corrected chi connectivity index (χ2v) is 0.283. The predicted molar refractivity (Wildman–Crippen MR) is 28.1 cm³/mol. The summed E-state index contributed by atoms with van der Waals surface area (Å²) in [4.78, 5) is 8.56. The Kier molecular flexibility index (Phi) is 147. The Bertz CT molecular complexity index is 49.5. The van der Waals surface area contributed by atoms with Crippen LogP contribution >= 0.6 is 0 Å². The smallest absolute Gasteiger partial charge is 1.00 e. The van der Waals surface area contributed by atoms with E-state index >= 15 is 0 Å². The minimum atomic E-state index is -1.83. The topological polar surface area (TPSA) is 121 Å². The molecular weight excluding hydrogens is 178 g/mol. The van der Waals surface area contributed by atoms with E-state index in [9.17, 15) is 0 Å². The Morgan fingerprint density at radius 1 is 1.11 bits per heavy atom. The maximum Gasteiger partial charge on any atom is 2.00 e. The molecule has 0 aliphatic carbocycles. The number of rotatable bonds is 0. The van der Waals surface area contributed by atoms with Crippen molar-refractivity contribution in [1.29, 1.82) is 0 Å². The Morgan fingerprint density at radius 3 is 1.11 bits per heavy atom. The van der Waals surface area contributed by atoms with Crippen LogP contribution in [0.2, 0.25) is 0 Å². The van der Waals surface area contributed by atoms with Gasteiger partial charge in [-0.05, 0) is 0 Å². The van der Waals surface area contributed by atoms with Crippen LogP contribution < -0.4 is 59.1 Å². The molecule has 0 unspecified atom stereocenters.